The van der Waals surface area contributed by atoms with Gasteiger partial charge in [-0.05, 0) is 55.0 Å². The first kappa shape index (κ1) is 14.7. The van der Waals surface area contributed by atoms with Crippen LogP contribution in [-0.4, -0.2) is 6.04 Å². The number of benzene rings is 2. The average molecular weight is 272 g/mol. The third-order valence-corrected chi connectivity index (χ3v) is 3.75. The number of nitrogens with two attached hydrogens (primary N) is 1. The van der Waals surface area contributed by atoms with E-state index in [0.717, 1.165) is 6.42 Å². The molecule has 1 atom stereocenters. The van der Waals surface area contributed by atoms with E-state index in [4.69, 9.17) is 5.84 Å². The van der Waals surface area contributed by atoms with Crippen molar-refractivity contribution in [1.82, 2.24) is 5.43 Å². The lowest BCUT2D eigenvalue weighted by Crippen LogP contribution is -2.39. The van der Waals surface area contributed by atoms with Crippen LogP contribution in [0.15, 0.2) is 42.5 Å². The summed E-state index contributed by atoms with van der Waals surface area (Å²) in [5, 5.41) is 0. The van der Waals surface area contributed by atoms with Crippen molar-refractivity contribution in [3.05, 3.63) is 70.5 Å². The summed E-state index contributed by atoms with van der Waals surface area (Å²) in [5.74, 6) is 5.47. The zero-order valence-corrected chi connectivity index (χ0v) is 12.0. The molecule has 0 fully saturated rings. The van der Waals surface area contributed by atoms with Crippen molar-refractivity contribution in [2.24, 2.45) is 5.84 Å². The zero-order valence-electron chi connectivity index (χ0n) is 12.0. The monoisotopic (exact) mass is 272 g/mol. The first-order valence-electron chi connectivity index (χ1n) is 6.86. The van der Waals surface area contributed by atoms with E-state index in [1.54, 1.807) is 6.07 Å². The number of halogens is 1. The van der Waals surface area contributed by atoms with Gasteiger partial charge in [0.15, 0.2) is 0 Å². The Morgan fingerprint density at radius 2 is 1.65 bits per heavy atom. The Balaban J connectivity index is 2.16. The molecule has 2 aromatic carbocycles. The zero-order chi connectivity index (χ0) is 14.5. The summed E-state index contributed by atoms with van der Waals surface area (Å²) in [7, 11) is 0. The standard InChI is InChI=1S/C17H21FN2/c1-12-6-5-7-13(2)16(12)11-15(20-19)10-14-8-3-4-9-17(14)18/h3-9,15,20H,10-11,19H2,1-2H3. The minimum absolute atomic E-state index is 0.0201. The van der Waals surface area contributed by atoms with E-state index < -0.39 is 0 Å². The van der Waals surface area contributed by atoms with Gasteiger partial charge >= 0.3 is 0 Å². The van der Waals surface area contributed by atoms with Crippen molar-refractivity contribution in [3.8, 4) is 0 Å². The highest BCUT2D eigenvalue weighted by Gasteiger charge is 2.14. The van der Waals surface area contributed by atoms with E-state index in [1.807, 2.05) is 12.1 Å². The Morgan fingerprint density at radius 3 is 2.25 bits per heavy atom. The summed E-state index contributed by atoms with van der Waals surface area (Å²) >= 11 is 0. The maximum absolute atomic E-state index is 13.7. The van der Waals surface area contributed by atoms with Crippen molar-refractivity contribution in [3.63, 3.8) is 0 Å². The van der Waals surface area contributed by atoms with Gasteiger partial charge in [0.25, 0.3) is 0 Å². The fourth-order valence-corrected chi connectivity index (χ4v) is 2.54. The topological polar surface area (TPSA) is 38.0 Å². The maximum atomic E-state index is 13.7. The van der Waals surface area contributed by atoms with Gasteiger partial charge in [-0.2, -0.15) is 0 Å². The van der Waals surface area contributed by atoms with Gasteiger partial charge in [-0.15, -0.1) is 0 Å². The van der Waals surface area contributed by atoms with Crippen molar-refractivity contribution in [1.29, 1.82) is 0 Å². The third kappa shape index (κ3) is 3.44. The van der Waals surface area contributed by atoms with Crippen LogP contribution in [0.4, 0.5) is 4.39 Å². The van der Waals surface area contributed by atoms with E-state index in [1.165, 1.54) is 22.8 Å². The molecule has 0 aromatic heterocycles. The number of aryl methyl sites for hydroxylation is 2. The van der Waals surface area contributed by atoms with Gasteiger partial charge in [0, 0.05) is 6.04 Å². The highest BCUT2D eigenvalue weighted by molar-refractivity contribution is 5.34. The maximum Gasteiger partial charge on any atom is 0.126 e. The van der Waals surface area contributed by atoms with Crippen LogP contribution in [0.2, 0.25) is 0 Å². The molecule has 2 rings (SSSR count). The predicted octanol–water partition coefficient (Wildman–Crippen LogP) is 3.06. The first-order valence-corrected chi connectivity index (χ1v) is 6.86. The lowest BCUT2D eigenvalue weighted by molar-refractivity contribution is 0.505. The van der Waals surface area contributed by atoms with Crippen LogP contribution in [0.5, 0.6) is 0 Å². The summed E-state index contributed by atoms with van der Waals surface area (Å²) in [6.07, 6.45) is 1.38. The normalized spacial score (nSPS) is 12.4. The number of hydrogen-bond donors (Lipinski definition) is 2. The summed E-state index contributed by atoms with van der Waals surface area (Å²) < 4.78 is 13.7. The van der Waals surface area contributed by atoms with Crippen LogP contribution in [0.25, 0.3) is 0 Å². The van der Waals surface area contributed by atoms with Gasteiger partial charge in [-0.25, -0.2) is 4.39 Å². The van der Waals surface area contributed by atoms with Crippen molar-refractivity contribution in [2.45, 2.75) is 32.7 Å². The second-order valence-electron chi connectivity index (χ2n) is 5.23. The highest BCUT2D eigenvalue weighted by atomic mass is 19.1. The molecule has 0 bridgehead atoms. The highest BCUT2D eigenvalue weighted by Crippen LogP contribution is 2.17. The molecule has 106 valence electrons. The molecular formula is C17H21FN2. The second-order valence-corrected chi connectivity index (χ2v) is 5.23. The molecule has 2 aromatic rings. The second kappa shape index (κ2) is 6.64. The summed E-state index contributed by atoms with van der Waals surface area (Å²) in [4.78, 5) is 0. The Hall–Kier alpha value is -1.71. The smallest absolute Gasteiger partial charge is 0.126 e. The number of nitrogens with one attached hydrogen (secondary N) is 1. The molecule has 0 amide bonds. The average Bonchev–Trinajstić information content (AvgIpc) is 2.44. The van der Waals surface area contributed by atoms with Gasteiger partial charge in [0.05, 0.1) is 0 Å². The van der Waals surface area contributed by atoms with E-state index in [-0.39, 0.29) is 11.9 Å². The molecule has 3 N–H and O–H groups in total. The molecule has 1 unspecified atom stereocenters. The Labute approximate surface area is 119 Å². The first-order chi connectivity index (χ1) is 9.61. The Morgan fingerprint density at radius 1 is 1.00 bits per heavy atom. The van der Waals surface area contributed by atoms with Crippen molar-refractivity contribution < 1.29 is 4.39 Å². The number of hydrazine groups is 1. The van der Waals surface area contributed by atoms with E-state index in [0.29, 0.717) is 12.0 Å². The SMILES string of the molecule is Cc1cccc(C)c1CC(Cc1ccccc1F)NN. The van der Waals surface area contributed by atoms with Crippen molar-refractivity contribution in [2.75, 3.05) is 0 Å². The van der Waals surface area contributed by atoms with Crippen LogP contribution in [0.3, 0.4) is 0 Å². The van der Waals surface area contributed by atoms with Crippen LogP contribution >= 0.6 is 0 Å². The largest absolute Gasteiger partial charge is 0.271 e. The Bertz CT molecular complexity index is 561. The van der Waals surface area contributed by atoms with Crippen LogP contribution in [0, 0.1) is 19.7 Å². The summed E-state index contributed by atoms with van der Waals surface area (Å²) in [6.45, 7) is 4.19. The van der Waals surface area contributed by atoms with E-state index >= 15 is 0 Å². The molecule has 0 aliphatic heterocycles. The summed E-state index contributed by atoms with van der Waals surface area (Å²) in [6, 6.07) is 13.1. The molecule has 0 heterocycles. The van der Waals surface area contributed by atoms with Crippen LogP contribution in [0.1, 0.15) is 22.3 Å². The van der Waals surface area contributed by atoms with Gasteiger partial charge in [0.2, 0.25) is 0 Å². The lowest BCUT2D eigenvalue weighted by Gasteiger charge is -2.19. The minimum Gasteiger partial charge on any atom is -0.271 e. The quantitative estimate of drug-likeness (QED) is 0.648. The lowest BCUT2D eigenvalue weighted by atomic mass is 9.93. The van der Waals surface area contributed by atoms with Crippen LogP contribution in [-0.2, 0) is 12.8 Å². The van der Waals surface area contributed by atoms with Gasteiger partial charge < -0.3 is 0 Å². The Kier molecular flexibility index (Phi) is 4.88. The molecule has 0 radical (unpaired) electrons. The van der Waals surface area contributed by atoms with Crippen molar-refractivity contribution >= 4 is 0 Å². The molecule has 0 aliphatic carbocycles. The molecule has 0 saturated heterocycles. The molecule has 20 heavy (non-hydrogen) atoms. The number of rotatable bonds is 5. The minimum atomic E-state index is -0.172. The fourth-order valence-electron chi connectivity index (χ4n) is 2.54. The molecule has 0 aliphatic rings. The van der Waals surface area contributed by atoms with Gasteiger partial charge in [-0.3, -0.25) is 11.3 Å². The summed E-state index contributed by atoms with van der Waals surface area (Å²) in [5.41, 5.74) is 7.29. The third-order valence-electron chi connectivity index (χ3n) is 3.75. The van der Waals surface area contributed by atoms with Crippen LogP contribution < -0.4 is 11.3 Å². The molecular weight excluding hydrogens is 251 g/mol. The van der Waals surface area contributed by atoms with Gasteiger partial charge in [0.1, 0.15) is 5.82 Å². The molecule has 2 nitrogen and oxygen atoms in total. The van der Waals surface area contributed by atoms with E-state index in [2.05, 4.69) is 37.5 Å². The molecule has 3 heteroatoms. The molecule has 0 saturated carbocycles. The van der Waals surface area contributed by atoms with E-state index in [9.17, 15) is 4.39 Å². The molecule has 0 spiro atoms. The number of hydrogen-bond acceptors (Lipinski definition) is 2. The fraction of sp³-hybridized carbons (Fsp3) is 0.294. The predicted molar refractivity (Wildman–Crippen MR) is 80.8 cm³/mol. The van der Waals surface area contributed by atoms with Gasteiger partial charge in [-0.1, -0.05) is 36.4 Å².